The van der Waals surface area contributed by atoms with E-state index in [0.29, 0.717) is 6.54 Å². The molecule has 2 N–H and O–H groups in total. The summed E-state index contributed by atoms with van der Waals surface area (Å²) in [6, 6.07) is 16.9. The minimum absolute atomic E-state index is 0.157. The monoisotopic (exact) mass is 284 g/mol. The van der Waals surface area contributed by atoms with E-state index in [9.17, 15) is 5.11 Å². The maximum absolute atomic E-state index is 9.35. The maximum atomic E-state index is 9.35. The molecule has 0 fully saturated rings. The van der Waals surface area contributed by atoms with Crippen molar-refractivity contribution in [2.24, 2.45) is 0 Å². The number of anilines is 1. The van der Waals surface area contributed by atoms with E-state index in [1.165, 1.54) is 22.4 Å². The minimum Gasteiger partial charge on any atom is -0.395 e. The number of benzene rings is 2. The molecule has 0 unspecified atom stereocenters. The average Bonchev–Trinajstić information content (AvgIpc) is 2.48. The second-order valence-corrected chi connectivity index (χ2v) is 5.28. The summed E-state index contributed by atoms with van der Waals surface area (Å²) < 4.78 is 0. The Morgan fingerprint density at radius 1 is 1.05 bits per heavy atom. The van der Waals surface area contributed by atoms with E-state index in [-0.39, 0.29) is 6.61 Å². The summed E-state index contributed by atoms with van der Waals surface area (Å²) in [5, 5.41) is 12.5. The first kappa shape index (κ1) is 15.5. The fourth-order valence-electron chi connectivity index (χ4n) is 2.60. The zero-order valence-electron chi connectivity index (χ0n) is 12.8. The van der Waals surface area contributed by atoms with Crippen LogP contribution in [0.25, 0.3) is 0 Å². The van der Waals surface area contributed by atoms with Gasteiger partial charge in [-0.25, -0.2) is 0 Å². The predicted octanol–water partition coefficient (Wildman–Crippen LogP) is 2.71. The molecule has 0 heterocycles. The first-order valence-corrected chi connectivity index (χ1v) is 7.38. The quantitative estimate of drug-likeness (QED) is 0.820. The zero-order valence-corrected chi connectivity index (χ0v) is 12.8. The Hall–Kier alpha value is -1.84. The topological polar surface area (TPSA) is 35.5 Å². The lowest BCUT2D eigenvalue weighted by atomic mass is 10.1. The average molecular weight is 284 g/mol. The van der Waals surface area contributed by atoms with Crippen LogP contribution < -0.4 is 10.2 Å². The van der Waals surface area contributed by atoms with Gasteiger partial charge in [0.1, 0.15) is 0 Å². The lowest BCUT2D eigenvalue weighted by molar-refractivity contribution is 0.301. The van der Waals surface area contributed by atoms with Gasteiger partial charge in [-0.15, -0.1) is 0 Å². The highest BCUT2D eigenvalue weighted by atomic mass is 16.3. The standard InChI is InChI=1S/C18H24N2O/c1-15-12-17(13-19-2)8-9-18(15)20(10-11-21)14-16-6-4-3-5-7-16/h3-9,12,19,21H,10-11,13-14H2,1-2H3. The van der Waals surface area contributed by atoms with E-state index in [1.54, 1.807) is 0 Å². The second-order valence-electron chi connectivity index (χ2n) is 5.28. The molecule has 2 aromatic carbocycles. The highest BCUT2D eigenvalue weighted by Gasteiger charge is 2.10. The van der Waals surface area contributed by atoms with Crippen LogP contribution in [0, 0.1) is 6.92 Å². The van der Waals surface area contributed by atoms with Crippen molar-refractivity contribution < 1.29 is 5.11 Å². The van der Waals surface area contributed by atoms with Gasteiger partial charge in [0.2, 0.25) is 0 Å². The van der Waals surface area contributed by atoms with Gasteiger partial charge in [-0.1, -0.05) is 42.5 Å². The molecule has 0 spiro atoms. The van der Waals surface area contributed by atoms with Crippen LogP contribution in [0.5, 0.6) is 0 Å². The number of hydrogen-bond donors (Lipinski definition) is 2. The Morgan fingerprint density at radius 2 is 1.81 bits per heavy atom. The van der Waals surface area contributed by atoms with E-state index < -0.39 is 0 Å². The molecule has 0 bridgehead atoms. The number of nitrogens with one attached hydrogen (secondary N) is 1. The largest absolute Gasteiger partial charge is 0.395 e. The van der Waals surface area contributed by atoms with Gasteiger partial charge in [-0.3, -0.25) is 0 Å². The fourth-order valence-corrected chi connectivity index (χ4v) is 2.60. The molecule has 112 valence electrons. The Labute approximate surface area is 127 Å². The molecule has 21 heavy (non-hydrogen) atoms. The molecule has 0 aliphatic rings. The summed E-state index contributed by atoms with van der Waals surface area (Å²) in [6.45, 7) is 4.61. The fraction of sp³-hybridized carbons (Fsp3) is 0.333. The van der Waals surface area contributed by atoms with Gasteiger partial charge in [0, 0.05) is 25.3 Å². The third kappa shape index (κ3) is 4.31. The Kier molecular flexibility index (Phi) is 5.78. The third-order valence-electron chi connectivity index (χ3n) is 3.57. The van der Waals surface area contributed by atoms with Crippen molar-refractivity contribution in [3.63, 3.8) is 0 Å². The van der Waals surface area contributed by atoms with Crippen LogP contribution in [0.2, 0.25) is 0 Å². The SMILES string of the molecule is CNCc1ccc(N(CCO)Cc2ccccc2)c(C)c1. The number of rotatable bonds is 7. The molecular formula is C18H24N2O. The highest BCUT2D eigenvalue weighted by Crippen LogP contribution is 2.23. The van der Waals surface area contributed by atoms with Gasteiger partial charge in [0.25, 0.3) is 0 Å². The predicted molar refractivity (Wildman–Crippen MR) is 88.5 cm³/mol. The van der Waals surface area contributed by atoms with E-state index in [4.69, 9.17) is 0 Å². The Balaban J connectivity index is 2.21. The lowest BCUT2D eigenvalue weighted by Gasteiger charge is -2.26. The van der Waals surface area contributed by atoms with Gasteiger partial charge in [0.15, 0.2) is 0 Å². The van der Waals surface area contributed by atoms with Gasteiger partial charge >= 0.3 is 0 Å². The van der Waals surface area contributed by atoms with Crippen molar-refractivity contribution in [3.05, 3.63) is 65.2 Å². The number of hydrogen-bond acceptors (Lipinski definition) is 3. The van der Waals surface area contributed by atoms with E-state index in [0.717, 1.165) is 13.1 Å². The summed E-state index contributed by atoms with van der Waals surface area (Å²) in [6.07, 6.45) is 0. The van der Waals surface area contributed by atoms with Crippen LogP contribution >= 0.6 is 0 Å². The van der Waals surface area contributed by atoms with Crippen molar-refractivity contribution in [3.8, 4) is 0 Å². The molecule has 3 heteroatoms. The Bertz CT molecular complexity index is 554. The summed E-state index contributed by atoms with van der Waals surface area (Å²) in [7, 11) is 1.96. The van der Waals surface area contributed by atoms with Gasteiger partial charge < -0.3 is 15.3 Å². The molecule has 3 nitrogen and oxygen atoms in total. The lowest BCUT2D eigenvalue weighted by Crippen LogP contribution is -2.26. The number of nitrogens with zero attached hydrogens (tertiary/aromatic N) is 1. The van der Waals surface area contributed by atoms with E-state index >= 15 is 0 Å². The van der Waals surface area contributed by atoms with Crippen molar-refractivity contribution in [1.82, 2.24) is 5.32 Å². The number of aryl methyl sites for hydroxylation is 1. The smallest absolute Gasteiger partial charge is 0.0606 e. The number of aliphatic hydroxyl groups is 1. The normalized spacial score (nSPS) is 10.6. The van der Waals surface area contributed by atoms with Gasteiger partial charge in [-0.2, -0.15) is 0 Å². The molecular weight excluding hydrogens is 260 g/mol. The van der Waals surface area contributed by atoms with E-state index in [2.05, 4.69) is 59.6 Å². The molecule has 0 aromatic heterocycles. The molecule has 2 rings (SSSR count). The Morgan fingerprint density at radius 3 is 2.43 bits per heavy atom. The molecule has 0 aliphatic carbocycles. The molecule has 2 aromatic rings. The summed E-state index contributed by atoms with van der Waals surface area (Å²) in [5.41, 5.74) is 4.96. The van der Waals surface area contributed by atoms with Crippen LogP contribution in [-0.4, -0.2) is 25.3 Å². The van der Waals surface area contributed by atoms with Crippen LogP contribution in [-0.2, 0) is 13.1 Å². The molecule has 0 saturated heterocycles. The van der Waals surface area contributed by atoms with E-state index in [1.807, 2.05) is 13.1 Å². The summed E-state index contributed by atoms with van der Waals surface area (Å²) in [5.74, 6) is 0. The van der Waals surface area contributed by atoms with Crippen molar-refractivity contribution >= 4 is 5.69 Å². The molecule has 0 amide bonds. The first-order valence-electron chi connectivity index (χ1n) is 7.38. The van der Waals surface area contributed by atoms with Gasteiger partial charge in [0.05, 0.1) is 6.61 Å². The molecule has 0 aliphatic heterocycles. The van der Waals surface area contributed by atoms with Crippen molar-refractivity contribution in [2.45, 2.75) is 20.0 Å². The summed E-state index contributed by atoms with van der Waals surface area (Å²) in [4.78, 5) is 2.23. The van der Waals surface area contributed by atoms with Crippen LogP contribution in [0.1, 0.15) is 16.7 Å². The summed E-state index contributed by atoms with van der Waals surface area (Å²) >= 11 is 0. The van der Waals surface area contributed by atoms with Crippen LogP contribution in [0.15, 0.2) is 48.5 Å². The first-order chi connectivity index (χ1) is 10.2. The second kappa shape index (κ2) is 7.81. The third-order valence-corrected chi connectivity index (χ3v) is 3.57. The van der Waals surface area contributed by atoms with Crippen LogP contribution in [0.4, 0.5) is 5.69 Å². The van der Waals surface area contributed by atoms with Crippen LogP contribution in [0.3, 0.4) is 0 Å². The van der Waals surface area contributed by atoms with Crippen molar-refractivity contribution in [1.29, 1.82) is 0 Å². The maximum Gasteiger partial charge on any atom is 0.0606 e. The zero-order chi connectivity index (χ0) is 15.1. The molecule has 0 saturated carbocycles. The van der Waals surface area contributed by atoms with Crippen molar-refractivity contribution in [2.75, 3.05) is 25.1 Å². The highest BCUT2D eigenvalue weighted by molar-refractivity contribution is 5.55. The van der Waals surface area contributed by atoms with Gasteiger partial charge in [-0.05, 0) is 36.7 Å². The molecule has 0 radical (unpaired) electrons. The number of aliphatic hydroxyl groups excluding tert-OH is 1. The molecule has 0 atom stereocenters. The minimum atomic E-state index is 0.157.